The third-order valence-corrected chi connectivity index (χ3v) is 5.49. The van der Waals surface area contributed by atoms with Crippen LogP contribution in [0.4, 0.5) is 0 Å². The fourth-order valence-corrected chi connectivity index (χ4v) is 4.04. The van der Waals surface area contributed by atoms with Gasteiger partial charge in [-0.3, -0.25) is 0 Å². The van der Waals surface area contributed by atoms with Gasteiger partial charge in [-0.2, -0.15) is 0 Å². The molecule has 0 radical (unpaired) electrons. The third-order valence-electron chi connectivity index (χ3n) is 5.49. The lowest BCUT2D eigenvalue weighted by Crippen LogP contribution is -2.49. The van der Waals surface area contributed by atoms with E-state index in [4.69, 9.17) is 4.74 Å². The summed E-state index contributed by atoms with van der Waals surface area (Å²) in [6.45, 7) is 14.2. The summed E-state index contributed by atoms with van der Waals surface area (Å²) in [4.78, 5) is 2.70. The van der Waals surface area contributed by atoms with E-state index in [1.165, 1.54) is 45.3 Å². The number of rotatable bonds is 4. The first-order valence-electron chi connectivity index (χ1n) is 8.37. The first-order chi connectivity index (χ1) is 9.45. The van der Waals surface area contributed by atoms with Crippen LogP contribution in [0.1, 0.15) is 46.5 Å². The van der Waals surface area contributed by atoms with Crippen molar-refractivity contribution in [2.45, 2.75) is 46.5 Å². The number of ether oxygens (including phenoxy) is 1. The largest absolute Gasteiger partial charge is 0.384 e. The predicted octanol–water partition coefficient (Wildman–Crippen LogP) is 2.76. The van der Waals surface area contributed by atoms with Gasteiger partial charge in [-0.05, 0) is 63.2 Å². The molecule has 3 nitrogen and oxygen atoms in total. The van der Waals surface area contributed by atoms with E-state index >= 15 is 0 Å². The van der Waals surface area contributed by atoms with Crippen molar-refractivity contribution in [2.24, 2.45) is 16.7 Å². The minimum absolute atomic E-state index is 0.397. The normalized spacial score (nSPS) is 25.8. The van der Waals surface area contributed by atoms with Gasteiger partial charge in [0.1, 0.15) is 0 Å². The van der Waals surface area contributed by atoms with Crippen molar-refractivity contribution >= 4 is 0 Å². The number of likely N-dealkylation sites (tertiary alicyclic amines) is 1. The van der Waals surface area contributed by atoms with Gasteiger partial charge in [0.2, 0.25) is 0 Å². The Morgan fingerprint density at radius 1 is 1.15 bits per heavy atom. The first kappa shape index (κ1) is 16.3. The van der Waals surface area contributed by atoms with E-state index in [1.807, 2.05) is 7.11 Å². The highest BCUT2D eigenvalue weighted by molar-refractivity contribution is 4.89. The fraction of sp³-hybridized carbons (Fsp3) is 1.00. The molecule has 0 aromatic heterocycles. The summed E-state index contributed by atoms with van der Waals surface area (Å²) in [5.41, 5.74) is 0.875. The number of hydrogen-bond acceptors (Lipinski definition) is 3. The van der Waals surface area contributed by atoms with Crippen LogP contribution in [-0.2, 0) is 4.74 Å². The Morgan fingerprint density at radius 2 is 1.75 bits per heavy atom. The Bertz CT molecular complexity index is 278. The predicted molar refractivity (Wildman–Crippen MR) is 85.0 cm³/mol. The van der Waals surface area contributed by atoms with Gasteiger partial charge < -0.3 is 15.0 Å². The maximum atomic E-state index is 5.55. The molecule has 2 rings (SSSR count). The molecule has 0 unspecified atom stereocenters. The molecule has 1 N–H and O–H groups in total. The van der Waals surface area contributed by atoms with Crippen molar-refractivity contribution < 1.29 is 4.74 Å². The molecule has 3 heteroatoms. The topological polar surface area (TPSA) is 24.5 Å². The van der Waals surface area contributed by atoms with Gasteiger partial charge in [-0.25, -0.2) is 0 Å². The molecular formula is C17H34N2O. The molecule has 0 aromatic carbocycles. The highest BCUT2D eigenvalue weighted by Gasteiger charge is 2.36. The standard InChI is InChI=1S/C17H34N2O/c1-16(2,3)15-5-11-19(12-6-15)13-17(14-20-4)7-9-18-10-8-17/h15,18H,5-14H2,1-4H3. The van der Waals surface area contributed by atoms with E-state index in [0.29, 0.717) is 10.8 Å². The van der Waals surface area contributed by atoms with Crippen LogP contribution in [0.25, 0.3) is 0 Å². The molecule has 0 bridgehead atoms. The smallest absolute Gasteiger partial charge is 0.0531 e. The summed E-state index contributed by atoms with van der Waals surface area (Å²) in [5.74, 6) is 0.894. The third kappa shape index (κ3) is 4.19. The average molecular weight is 282 g/mol. The highest BCUT2D eigenvalue weighted by atomic mass is 16.5. The van der Waals surface area contributed by atoms with Crippen LogP contribution in [0, 0.1) is 16.7 Å². The minimum Gasteiger partial charge on any atom is -0.384 e. The monoisotopic (exact) mass is 282 g/mol. The average Bonchev–Trinajstić information content (AvgIpc) is 2.39. The molecule has 20 heavy (non-hydrogen) atoms. The van der Waals surface area contributed by atoms with Gasteiger partial charge in [-0.1, -0.05) is 20.8 Å². The molecule has 0 atom stereocenters. The second-order valence-corrected chi connectivity index (χ2v) is 8.10. The van der Waals surface area contributed by atoms with E-state index < -0.39 is 0 Å². The lowest BCUT2D eigenvalue weighted by atomic mass is 9.74. The Morgan fingerprint density at radius 3 is 2.25 bits per heavy atom. The number of methoxy groups -OCH3 is 1. The second kappa shape index (κ2) is 6.76. The molecule has 0 aliphatic carbocycles. The van der Waals surface area contributed by atoms with Gasteiger partial charge >= 0.3 is 0 Å². The molecule has 2 saturated heterocycles. The Labute approximate surface area is 125 Å². The molecule has 2 fully saturated rings. The van der Waals surface area contributed by atoms with Crippen molar-refractivity contribution in [3.8, 4) is 0 Å². The molecule has 0 amide bonds. The Hall–Kier alpha value is -0.120. The van der Waals surface area contributed by atoms with Crippen LogP contribution in [0.2, 0.25) is 0 Å². The SMILES string of the molecule is COCC1(CN2CCC(C(C)(C)C)CC2)CCNCC1. The quantitative estimate of drug-likeness (QED) is 0.858. The zero-order chi connectivity index (χ0) is 14.6. The van der Waals surface area contributed by atoms with Gasteiger partial charge in [0, 0.05) is 19.1 Å². The molecule has 2 aliphatic rings. The van der Waals surface area contributed by atoms with E-state index in [0.717, 1.165) is 25.6 Å². The molecule has 118 valence electrons. The number of piperidine rings is 2. The molecule has 2 aliphatic heterocycles. The number of nitrogens with zero attached hydrogens (tertiary/aromatic N) is 1. The lowest BCUT2D eigenvalue weighted by molar-refractivity contribution is 0.00654. The van der Waals surface area contributed by atoms with Crippen LogP contribution < -0.4 is 5.32 Å². The van der Waals surface area contributed by atoms with Crippen molar-refractivity contribution in [1.29, 1.82) is 0 Å². The molecule has 0 aromatic rings. The summed E-state index contributed by atoms with van der Waals surface area (Å²) >= 11 is 0. The number of hydrogen-bond donors (Lipinski definition) is 1. The van der Waals surface area contributed by atoms with Crippen molar-refractivity contribution in [1.82, 2.24) is 10.2 Å². The van der Waals surface area contributed by atoms with E-state index in [-0.39, 0.29) is 0 Å². The Kier molecular flexibility index (Phi) is 5.49. The molecular weight excluding hydrogens is 248 g/mol. The van der Waals surface area contributed by atoms with Gasteiger partial charge in [0.25, 0.3) is 0 Å². The first-order valence-corrected chi connectivity index (χ1v) is 8.37. The lowest BCUT2D eigenvalue weighted by Gasteiger charge is -2.44. The highest BCUT2D eigenvalue weighted by Crippen LogP contribution is 2.36. The zero-order valence-electron chi connectivity index (χ0n) is 14.0. The number of nitrogens with one attached hydrogen (secondary N) is 1. The summed E-state index contributed by atoms with van der Waals surface area (Å²) in [7, 11) is 1.86. The van der Waals surface area contributed by atoms with Crippen LogP contribution in [0.15, 0.2) is 0 Å². The van der Waals surface area contributed by atoms with Crippen molar-refractivity contribution in [3.05, 3.63) is 0 Å². The van der Waals surface area contributed by atoms with Gasteiger partial charge in [0.15, 0.2) is 0 Å². The maximum absolute atomic E-state index is 5.55. The summed E-state index contributed by atoms with van der Waals surface area (Å²) in [5, 5.41) is 3.49. The molecule has 2 heterocycles. The van der Waals surface area contributed by atoms with Crippen LogP contribution in [0.5, 0.6) is 0 Å². The van der Waals surface area contributed by atoms with Crippen molar-refractivity contribution in [3.63, 3.8) is 0 Å². The minimum atomic E-state index is 0.397. The van der Waals surface area contributed by atoms with Crippen LogP contribution in [0.3, 0.4) is 0 Å². The fourth-order valence-electron chi connectivity index (χ4n) is 4.04. The van der Waals surface area contributed by atoms with Crippen molar-refractivity contribution in [2.75, 3.05) is 46.4 Å². The van der Waals surface area contributed by atoms with Crippen LogP contribution in [-0.4, -0.2) is 51.3 Å². The molecule has 0 saturated carbocycles. The molecule has 0 spiro atoms. The van der Waals surface area contributed by atoms with Crippen LogP contribution >= 0.6 is 0 Å². The van der Waals surface area contributed by atoms with E-state index in [1.54, 1.807) is 0 Å². The van der Waals surface area contributed by atoms with Gasteiger partial charge in [0.05, 0.1) is 6.61 Å². The maximum Gasteiger partial charge on any atom is 0.0531 e. The Balaban J connectivity index is 1.86. The summed E-state index contributed by atoms with van der Waals surface area (Å²) in [6, 6.07) is 0. The van der Waals surface area contributed by atoms with Gasteiger partial charge in [-0.15, -0.1) is 0 Å². The zero-order valence-corrected chi connectivity index (χ0v) is 14.0. The van der Waals surface area contributed by atoms with E-state index in [9.17, 15) is 0 Å². The summed E-state index contributed by atoms with van der Waals surface area (Å²) < 4.78 is 5.55. The van der Waals surface area contributed by atoms with E-state index in [2.05, 4.69) is 31.0 Å². The summed E-state index contributed by atoms with van der Waals surface area (Å²) in [6.07, 6.45) is 5.26. The second-order valence-electron chi connectivity index (χ2n) is 8.10.